The van der Waals surface area contributed by atoms with Crippen molar-refractivity contribution in [3.05, 3.63) is 65.5 Å². The summed E-state index contributed by atoms with van der Waals surface area (Å²) < 4.78 is 0. The summed E-state index contributed by atoms with van der Waals surface area (Å²) in [4.78, 5) is 22.4. The van der Waals surface area contributed by atoms with Gasteiger partial charge < -0.3 is 4.90 Å². The Bertz CT molecular complexity index is 867. The molecule has 3 aliphatic rings. The Kier molecular flexibility index (Phi) is 5.60. The van der Waals surface area contributed by atoms with Gasteiger partial charge in [-0.05, 0) is 79.4 Å². The Morgan fingerprint density at radius 3 is 2.43 bits per heavy atom. The SMILES string of the molecule is O=C(C1CCCC1)N1Cc2ccccc2CC2(CCN(Cc3ccncc3)CC2)C1. The van der Waals surface area contributed by atoms with Gasteiger partial charge in [-0.2, -0.15) is 0 Å². The van der Waals surface area contributed by atoms with Gasteiger partial charge >= 0.3 is 0 Å². The quantitative estimate of drug-likeness (QED) is 0.760. The molecule has 1 amide bonds. The van der Waals surface area contributed by atoms with Gasteiger partial charge in [0, 0.05) is 37.9 Å². The highest BCUT2D eigenvalue weighted by Crippen LogP contribution is 2.41. The van der Waals surface area contributed by atoms with Crippen LogP contribution in [0.5, 0.6) is 0 Å². The Morgan fingerprint density at radius 1 is 1.00 bits per heavy atom. The number of carbonyl (C=O) groups is 1. The monoisotopic (exact) mass is 403 g/mol. The van der Waals surface area contributed by atoms with E-state index in [4.69, 9.17) is 0 Å². The molecule has 2 aromatic rings. The minimum atomic E-state index is 0.218. The largest absolute Gasteiger partial charge is 0.338 e. The molecule has 30 heavy (non-hydrogen) atoms. The summed E-state index contributed by atoms with van der Waals surface area (Å²) in [6, 6.07) is 13.1. The molecule has 158 valence electrons. The van der Waals surface area contributed by atoms with Crippen LogP contribution < -0.4 is 0 Å². The van der Waals surface area contributed by atoms with Crippen LogP contribution in [-0.2, 0) is 24.3 Å². The van der Waals surface area contributed by atoms with E-state index in [1.165, 1.54) is 42.4 Å². The third-order valence-corrected chi connectivity index (χ3v) is 7.66. The lowest BCUT2D eigenvalue weighted by Gasteiger charge is -2.43. The molecular weight excluding hydrogens is 370 g/mol. The Hall–Kier alpha value is -2.20. The number of fused-ring (bicyclic) bond motifs is 1. The molecule has 1 saturated carbocycles. The lowest BCUT2D eigenvalue weighted by Crippen LogP contribution is -2.48. The van der Waals surface area contributed by atoms with Crippen molar-refractivity contribution in [1.82, 2.24) is 14.8 Å². The topological polar surface area (TPSA) is 36.4 Å². The molecule has 3 heterocycles. The van der Waals surface area contributed by atoms with E-state index < -0.39 is 0 Å². The van der Waals surface area contributed by atoms with Crippen molar-refractivity contribution in [3.63, 3.8) is 0 Å². The Labute approximate surface area is 180 Å². The van der Waals surface area contributed by atoms with E-state index >= 15 is 0 Å². The van der Waals surface area contributed by atoms with Gasteiger partial charge in [0.05, 0.1) is 0 Å². The number of carbonyl (C=O) groups excluding carboxylic acids is 1. The average molecular weight is 404 g/mol. The highest BCUT2D eigenvalue weighted by atomic mass is 16.2. The van der Waals surface area contributed by atoms with Crippen molar-refractivity contribution in [2.24, 2.45) is 11.3 Å². The smallest absolute Gasteiger partial charge is 0.225 e. The van der Waals surface area contributed by atoms with Crippen molar-refractivity contribution >= 4 is 5.91 Å². The molecule has 1 aromatic carbocycles. The van der Waals surface area contributed by atoms with E-state index in [9.17, 15) is 4.79 Å². The van der Waals surface area contributed by atoms with Gasteiger partial charge in [-0.15, -0.1) is 0 Å². The summed E-state index contributed by atoms with van der Waals surface area (Å²) in [7, 11) is 0. The van der Waals surface area contributed by atoms with Gasteiger partial charge in [0.2, 0.25) is 5.91 Å². The predicted octanol–water partition coefficient (Wildman–Crippen LogP) is 4.44. The standard InChI is InChI=1S/C26H33N3O/c30-25(22-5-1-2-6-22)29-19-24-8-4-3-7-23(24)17-26(20-29)11-15-28(16-12-26)18-21-9-13-27-14-10-21/h3-4,7-10,13-14,22H,1-2,5-6,11-12,15-20H2. The molecule has 2 fully saturated rings. The zero-order valence-electron chi connectivity index (χ0n) is 17.9. The first kappa shape index (κ1) is 19.7. The van der Waals surface area contributed by atoms with Crippen LogP contribution in [0.4, 0.5) is 0 Å². The van der Waals surface area contributed by atoms with Crippen LogP contribution in [0.25, 0.3) is 0 Å². The molecule has 4 heteroatoms. The lowest BCUT2D eigenvalue weighted by molar-refractivity contribution is -0.138. The molecule has 4 nitrogen and oxygen atoms in total. The third-order valence-electron chi connectivity index (χ3n) is 7.66. The van der Waals surface area contributed by atoms with Gasteiger partial charge in [-0.25, -0.2) is 0 Å². The van der Waals surface area contributed by atoms with E-state index in [0.29, 0.717) is 5.91 Å². The highest BCUT2D eigenvalue weighted by Gasteiger charge is 2.41. The zero-order valence-corrected chi connectivity index (χ0v) is 17.9. The van der Waals surface area contributed by atoms with Crippen LogP contribution in [0.2, 0.25) is 0 Å². The third kappa shape index (κ3) is 4.15. The molecule has 0 radical (unpaired) electrons. The summed E-state index contributed by atoms with van der Waals surface area (Å²) in [5.41, 5.74) is 4.38. The number of piperidine rings is 1. The number of pyridine rings is 1. The van der Waals surface area contributed by atoms with Gasteiger partial charge in [-0.1, -0.05) is 37.1 Å². The summed E-state index contributed by atoms with van der Waals surface area (Å²) in [5, 5.41) is 0. The molecule has 1 spiro atoms. The first-order valence-corrected chi connectivity index (χ1v) is 11.7. The molecule has 5 rings (SSSR count). The van der Waals surface area contributed by atoms with Crippen molar-refractivity contribution in [2.45, 2.75) is 58.0 Å². The van der Waals surface area contributed by atoms with Gasteiger partial charge in [-0.3, -0.25) is 14.7 Å². The molecule has 1 aromatic heterocycles. The van der Waals surface area contributed by atoms with Gasteiger partial charge in [0.15, 0.2) is 0 Å². The second-order valence-electron chi connectivity index (χ2n) is 9.75. The predicted molar refractivity (Wildman–Crippen MR) is 119 cm³/mol. The van der Waals surface area contributed by atoms with Crippen LogP contribution in [0.15, 0.2) is 48.8 Å². The summed E-state index contributed by atoms with van der Waals surface area (Å²) >= 11 is 0. The average Bonchev–Trinajstić information content (AvgIpc) is 3.26. The highest BCUT2D eigenvalue weighted by molar-refractivity contribution is 5.79. The first-order valence-electron chi connectivity index (χ1n) is 11.7. The number of hydrogen-bond acceptors (Lipinski definition) is 3. The van der Waals surface area contributed by atoms with Crippen LogP contribution in [-0.4, -0.2) is 40.3 Å². The Balaban J connectivity index is 1.34. The maximum absolute atomic E-state index is 13.4. The molecule has 0 N–H and O–H groups in total. The van der Waals surface area contributed by atoms with Gasteiger partial charge in [0.1, 0.15) is 0 Å². The van der Waals surface area contributed by atoms with Crippen molar-refractivity contribution < 1.29 is 4.79 Å². The molecule has 2 aliphatic heterocycles. The molecule has 1 aliphatic carbocycles. The fraction of sp³-hybridized carbons (Fsp3) is 0.538. The molecule has 0 bridgehead atoms. The van der Waals surface area contributed by atoms with E-state index in [1.54, 1.807) is 0 Å². The van der Waals surface area contributed by atoms with Crippen LogP contribution in [0, 0.1) is 11.3 Å². The first-order chi connectivity index (χ1) is 14.7. The fourth-order valence-corrected chi connectivity index (χ4v) is 5.86. The van der Waals surface area contributed by atoms with Crippen molar-refractivity contribution in [1.29, 1.82) is 0 Å². The lowest BCUT2D eigenvalue weighted by atomic mass is 9.73. The number of nitrogens with zero attached hydrogens (tertiary/aromatic N) is 3. The molecule has 0 unspecified atom stereocenters. The molecular formula is C26H33N3O. The molecule has 0 atom stereocenters. The number of rotatable bonds is 3. The van der Waals surface area contributed by atoms with E-state index in [2.05, 4.69) is 51.2 Å². The van der Waals surface area contributed by atoms with Gasteiger partial charge in [0.25, 0.3) is 0 Å². The van der Waals surface area contributed by atoms with Crippen LogP contribution in [0.3, 0.4) is 0 Å². The minimum Gasteiger partial charge on any atom is -0.338 e. The normalized spacial score (nSPS) is 22.1. The fourth-order valence-electron chi connectivity index (χ4n) is 5.86. The summed E-state index contributed by atoms with van der Waals surface area (Å²) in [5.74, 6) is 0.682. The second-order valence-corrected chi connectivity index (χ2v) is 9.75. The number of aromatic nitrogens is 1. The zero-order chi connectivity index (χ0) is 20.4. The molecule has 1 saturated heterocycles. The van der Waals surface area contributed by atoms with E-state index in [-0.39, 0.29) is 11.3 Å². The van der Waals surface area contributed by atoms with Crippen molar-refractivity contribution in [3.8, 4) is 0 Å². The van der Waals surface area contributed by atoms with E-state index in [0.717, 1.165) is 52.0 Å². The maximum Gasteiger partial charge on any atom is 0.225 e. The number of amides is 1. The van der Waals surface area contributed by atoms with Crippen LogP contribution >= 0.6 is 0 Å². The minimum absolute atomic E-state index is 0.218. The Morgan fingerprint density at radius 2 is 1.70 bits per heavy atom. The second kappa shape index (κ2) is 8.50. The van der Waals surface area contributed by atoms with E-state index in [1.807, 2.05) is 12.4 Å². The number of hydrogen-bond donors (Lipinski definition) is 0. The number of benzene rings is 1. The van der Waals surface area contributed by atoms with Crippen LogP contribution in [0.1, 0.15) is 55.2 Å². The summed E-state index contributed by atoms with van der Waals surface area (Å²) in [6.45, 7) is 4.94. The maximum atomic E-state index is 13.4. The summed E-state index contributed by atoms with van der Waals surface area (Å²) in [6.07, 6.45) is 11.8. The van der Waals surface area contributed by atoms with Crippen molar-refractivity contribution in [2.75, 3.05) is 19.6 Å². The number of likely N-dealkylation sites (tertiary alicyclic amines) is 1.